The number of benzene rings is 2. The summed E-state index contributed by atoms with van der Waals surface area (Å²) in [5.74, 6) is -0.826. The van der Waals surface area contributed by atoms with E-state index in [1.54, 1.807) is 0 Å². The molecule has 0 radical (unpaired) electrons. The first kappa shape index (κ1) is 15.8. The van der Waals surface area contributed by atoms with Gasteiger partial charge in [-0.25, -0.2) is 8.78 Å². The van der Waals surface area contributed by atoms with Crippen LogP contribution in [0.1, 0.15) is 11.5 Å². The van der Waals surface area contributed by atoms with Gasteiger partial charge in [0.2, 0.25) is 5.82 Å². The number of aromatic nitrogens is 2. The molecule has 0 aliphatic heterocycles. The van der Waals surface area contributed by atoms with E-state index < -0.39 is 5.97 Å². The van der Waals surface area contributed by atoms with Crippen molar-refractivity contribution < 1.29 is 22.8 Å². The van der Waals surface area contributed by atoms with Gasteiger partial charge < -0.3 is 9.26 Å². The second-order valence-electron chi connectivity index (χ2n) is 4.98. The van der Waals surface area contributed by atoms with Crippen LogP contribution in [0, 0.1) is 11.6 Å². The van der Waals surface area contributed by atoms with Crippen LogP contribution in [0.2, 0.25) is 0 Å². The quantitative estimate of drug-likeness (QED) is 0.672. The summed E-state index contributed by atoms with van der Waals surface area (Å²) in [4.78, 5) is 15.8. The lowest BCUT2D eigenvalue weighted by molar-refractivity contribution is -0.144. The van der Waals surface area contributed by atoms with Gasteiger partial charge in [-0.1, -0.05) is 17.3 Å². The van der Waals surface area contributed by atoms with Crippen LogP contribution in [0.5, 0.6) is 0 Å². The van der Waals surface area contributed by atoms with Gasteiger partial charge in [0.1, 0.15) is 11.6 Å². The Balaban J connectivity index is 1.56. The summed E-state index contributed by atoms with van der Waals surface area (Å²) in [5, 5.41) is 3.75. The summed E-state index contributed by atoms with van der Waals surface area (Å²) >= 11 is 0. The van der Waals surface area contributed by atoms with Crippen LogP contribution in [0.4, 0.5) is 8.78 Å². The standard InChI is InChI=1S/C17H12F2N2O3/c18-13-5-1-11(2-6-13)9-16(22)23-10-15-20-17(21-24-15)12-3-7-14(19)8-4-12/h1-8H,9-10H2. The third-order valence-electron chi connectivity index (χ3n) is 3.19. The molecule has 0 amide bonds. The fraction of sp³-hybridized carbons (Fsp3) is 0.118. The zero-order valence-electron chi connectivity index (χ0n) is 12.4. The topological polar surface area (TPSA) is 65.2 Å². The lowest BCUT2D eigenvalue weighted by atomic mass is 10.1. The van der Waals surface area contributed by atoms with Crippen molar-refractivity contribution in [2.45, 2.75) is 13.0 Å². The minimum Gasteiger partial charge on any atom is -0.455 e. The lowest BCUT2D eigenvalue weighted by Crippen LogP contribution is -2.08. The van der Waals surface area contributed by atoms with Gasteiger partial charge in [-0.3, -0.25) is 4.79 Å². The Kier molecular flexibility index (Phi) is 4.60. The van der Waals surface area contributed by atoms with Crippen molar-refractivity contribution in [2.24, 2.45) is 0 Å². The van der Waals surface area contributed by atoms with Gasteiger partial charge in [0, 0.05) is 5.56 Å². The number of carbonyl (C=O) groups excluding carboxylic acids is 1. The molecule has 0 spiro atoms. The van der Waals surface area contributed by atoms with Crippen molar-refractivity contribution in [1.82, 2.24) is 10.1 Å². The smallest absolute Gasteiger partial charge is 0.310 e. The summed E-state index contributed by atoms with van der Waals surface area (Å²) in [6, 6.07) is 11.2. The Morgan fingerprint density at radius 2 is 1.62 bits per heavy atom. The first-order valence-electron chi connectivity index (χ1n) is 7.09. The van der Waals surface area contributed by atoms with Crippen molar-refractivity contribution in [3.63, 3.8) is 0 Å². The minimum absolute atomic E-state index is 0.0131. The van der Waals surface area contributed by atoms with Gasteiger partial charge in [0.15, 0.2) is 6.61 Å². The summed E-state index contributed by atoms with van der Waals surface area (Å²) in [6.45, 7) is -0.172. The summed E-state index contributed by atoms with van der Waals surface area (Å²) in [7, 11) is 0. The minimum atomic E-state index is -0.497. The van der Waals surface area contributed by atoms with Crippen LogP contribution in [0.15, 0.2) is 53.1 Å². The summed E-state index contributed by atoms with van der Waals surface area (Å²) in [5.41, 5.74) is 1.22. The van der Waals surface area contributed by atoms with Crippen LogP contribution in [-0.2, 0) is 22.6 Å². The fourth-order valence-electron chi connectivity index (χ4n) is 1.99. The van der Waals surface area contributed by atoms with Crippen molar-refractivity contribution in [3.05, 3.63) is 71.6 Å². The number of halogens is 2. The predicted octanol–water partition coefficient (Wildman–Crippen LogP) is 3.30. The van der Waals surface area contributed by atoms with E-state index in [0.717, 1.165) is 0 Å². The van der Waals surface area contributed by atoms with Gasteiger partial charge in [-0.05, 0) is 42.0 Å². The molecule has 0 unspecified atom stereocenters. The van der Waals surface area contributed by atoms with E-state index in [9.17, 15) is 13.6 Å². The molecule has 2 aromatic carbocycles. The molecule has 0 saturated heterocycles. The van der Waals surface area contributed by atoms with Gasteiger partial charge in [0.05, 0.1) is 6.42 Å². The largest absolute Gasteiger partial charge is 0.455 e. The van der Waals surface area contributed by atoms with Crippen LogP contribution in [0.25, 0.3) is 11.4 Å². The highest BCUT2D eigenvalue weighted by atomic mass is 19.1. The van der Waals surface area contributed by atoms with Crippen molar-refractivity contribution in [3.8, 4) is 11.4 Å². The van der Waals surface area contributed by atoms with Gasteiger partial charge in [-0.2, -0.15) is 4.98 Å². The number of rotatable bonds is 5. The second kappa shape index (κ2) is 6.99. The molecule has 0 aliphatic carbocycles. The molecule has 0 N–H and O–H groups in total. The van der Waals surface area contributed by atoms with Crippen molar-refractivity contribution in [2.75, 3.05) is 0 Å². The number of hydrogen-bond donors (Lipinski definition) is 0. The molecule has 122 valence electrons. The summed E-state index contributed by atoms with van der Waals surface area (Å²) < 4.78 is 35.7. The van der Waals surface area contributed by atoms with Crippen molar-refractivity contribution in [1.29, 1.82) is 0 Å². The van der Waals surface area contributed by atoms with Crippen LogP contribution in [0.3, 0.4) is 0 Å². The lowest BCUT2D eigenvalue weighted by Gasteiger charge is -2.02. The molecule has 5 nitrogen and oxygen atoms in total. The molecule has 1 heterocycles. The highest BCUT2D eigenvalue weighted by molar-refractivity contribution is 5.72. The van der Waals surface area contributed by atoms with E-state index in [1.807, 2.05) is 0 Å². The van der Waals surface area contributed by atoms with E-state index >= 15 is 0 Å². The first-order valence-corrected chi connectivity index (χ1v) is 7.09. The molecule has 0 saturated carbocycles. The molecule has 0 fully saturated rings. The maximum atomic E-state index is 12.9. The molecule has 3 aromatic rings. The number of ether oxygens (including phenoxy) is 1. The Labute approximate surface area is 135 Å². The van der Waals surface area contributed by atoms with Crippen LogP contribution >= 0.6 is 0 Å². The highest BCUT2D eigenvalue weighted by Crippen LogP contribution is 2.16. The molecule has 3 rings (SSSR count). The zero-order valence-corrected chi connectivity index (χ0v) is 12.4. The molecule has 7 heteroatoms. The zero-order chi connectivity index (χ0) is 16.9. The number of nitrogens with zero attached hydrogens (tertiary/aromatic N) is 2. The van der Waals surface area contributed by atoms with Gasteiger partial charge in [-0.15, -0.1) is 0 Å². The Bertz CT molecular complexity index is 830. The molecule has 0 aliphatic rings. The molecule has 0 atom stereocenters. The maximum absolute atomic E-state index is 12.9. The Morgan fingerprint density at radius 3 is 2.29 bits per heavy atom. The van der Waals surface area contributed by atoms with Gasteiger partial charge >= 0.3 is 5.97 Å². The Morgan fingerprint density at radius 1 is 1.00 bits per heavy atom. The normalized spacial score (nSPS) is 10.6. The van der Waals surface area contributed by atoms with E-state index in [0.29, 0.717) is 11.1 Å². The Hall–Kier alpha value is -3.09. The monoisotopic (exact) mass is 330 g/mol. The molecule has 24 heavy (non-hydrogen) atoms. The average molecular weight is 330 g/mol. The second-order valence-corrected chi connectivity index (χ2v) is 4.98. The van der Waals surface area contributed by atoms with E-state index in [4.69, 9.17) is 9.26 Å². The maximum Gasteiger partial charge on any atom is 0.310 e. The van der Waals surface area contributed by atoms with Crippen LogP contribution < -0.4 is 0 Å². The van der Waals surface area contributed by atoms with E-state index in [2.05, 4.69) is 10.1 Å². The molecular formula is C17H12F2N2O3. The molecule has 0 bridgehead atoms. The van der Waals surface area contributed by atoms with E-state index in [-0.39, 0.29) is 36.4 Å². The third-order valence-corrected chi connectivity index (χ3v) is 3.19. The number of esters is 1. The number of hydrogen-bond acceptors (Lipinski definition) is 5. The average Bonchev–Trinajstić information content (AvgIpc) is 3.05. The number of carbonyl (C=O) groups is 1. The molecular weight excluding hydrogens is 318 g/mol. The van der Waals surface area contributed by atoms with Crippen molar-refractivity contribution >= 4 is 5.97 Å². The van der Waals surface area contributed by atoms with Crippen LogP contribution in [-0.4, -0.2) is 16.1 Å². The third kappa shape index (κ3) is 4.01. The first-order chi connectivity index (χ1) is 11.6. The summed E-state index contributed by atoms with van der Waals surface area (Å²) in [6.07, 6.45) is 0.0131. The predicted molar refractivity (Wildman–Crippen MR) is 79.6 cm³/mol. The van der Waals surface area contributed by atoms with E-state index in [1.165, 1.54) is 48.5 Å². The molecule has 1 aromatic heterocycles. The van der Waals surface area contributed by atoms with Gasteiger partial charge in [0.25, 0.3) is 5.89 Å². The highest BCUT2D eigenvalue weighted by Gasteiger charge is 2.12. The SMILES string of the molecule is O=C(Cc1ccc(F)cc1)OCc1nc(-c2ccc(F)cc2)no1. The fourth-order valence-corrected chi connectivity index (χ4v) is 1.99.